The molecule has 1 aliphatic rings. The molecule has 3 nitrogen and oxygen atoms in total. The first-order valence-corrected chi connectivity index (χ1v) is 6.33. The summed E-state index contributed by atoms with van der Waals surface area (Å²) in [4.78, 5) is 10.8. The minimum Gasteiger partial charge on any atom is -0.497 e. The summed E-state index contributed by atoms with van der Waals surface area (Å²) in [6, 6.07) is 6.17. The van der Waals surface area contributed by atoms with Crippen molar-refractivity contribution in [3.05, 3.63) is 35.4 Å². The normalized spacial score (nSPS) is 17.3. The van der Waals surface area contributed by atoms with Crippen molar-refractivity contribution in [1.29, 1.82) is 0 Å². The zero-order chi connectivity index (χ0) is 13.0. The summed E-state index contributed by atoms with van der Waals surface area (Å²) < 4.78 is 5.27. The van der Waals surface area contributed by atoms with Crippen molar-refractivity contribution in [3.8, 4) is 5.75 Å². The van der Waals surface area contributed by atoms with Crippen molar-refractivity contribution in [2.24, 2.45) is 5.73 Å². The van der Waals surface area contributed by atoms with Crippen molar-refractivity contribution in [2.75, 3.05) is 7.11 Å². The van der Waals surface area contributed by atoms with E-state index in [9.17, 15) is 4.79 Å². The highest BCUT2D eigenvalue weighted by Crippen LogP contribution is 2.35. The van der Waals surface area contributed by atoms with E-state index < -0.39 is 0 Å². The standard InChI is InChI=1S/C15H19NO2/c1-18-13-9-8-12-5-2-4-11(14(12)10-13)6-3-7-15(16)17/h2,5,8-11H,3-4,6-7H2,1H3,(H2,16,17). The molecule has 1 aliphatic carbocycles. The lowest BCUT2D eigenvalue weighted by Crippen LogP contribution is -2.11. The quantitative estimate of drug-likeness (QED) is 0.867. The average Bonchev–Trinajstić information content (AvgIpc) is 2.38. The third-order valence-electron chi connectivity index (χ3n) is 3.43. The minimum absolute atomic E-state index is 0.216. The Balaban J connectivity index is 2.11. The van der Waals surface area contributed by atoms with Crippen LogP contribution in [-0.4, -0.2) is 13.0 Å². The maximum absolute atomic E-state index is 10.8. The second kappa shape index (κ2) is 5.71. The molecule has 2 N–H and O–H groups in total. The number of primary amides is 1. The van der Waals surface area contributed by atoms with Gasteiger partial charge in [-0.1, -0.05) is 18.2 Å². The van der Waals surface area contributed by atoms with Crippen molar-refractivity contribution >= 4 is 12.0 Å². The molecule has 0 bridgehead atoms. The number of benzene rings is 1. The number of carbonyl (C=O) groups is 1. The Bertz CT molecular complexity index is 466. The number of ether oxygens (including phenoxy) is 1. The van der Waals surface area contributed by atoms with Gasteiger partial charge in [0.1, 0.15) is 5.75 Å². The predicted octanol–water partition coefficient (Wildman–Crippen LogP) is 2.85. The first-order chi connectivity index (χ1) is 8.70. The zero-order valence-corrected chi connectivity index (χ0v) is 10.7. The van der Waals surface area contributed by atoms with Crippen LogP contribution in [0.5, 0.6) is 5.75 Å². The Morgan fingerprint density at radius 2 is 2.33 bits per heavy atom. The van der Waals surface area contributed by atoms with Gasteiger partial charge in [-0.15, -0.1) is 0 Å². The van der Waals surface area contributed by atoms with Gasteiger partial charge in [-0.25, -0.2) is 0 Å². The summed E-state index contributed by atoms with van der Waals surface area (Å²) in [5, 5.41) is 0. The third kappa shape index (κ3) is 2.92. The topological polar surface area (TPSA) is 52.3 Å². The van der Waals surface area contributed by atoms with Crippen molar-refractivity contribution in [2.45, 2.75) is 31.6 Å². The van der Waals surface area contributed by atoms with Gasteiger partial charge >= 0.3 is 0 Å². The van der Waals surface area contributed by atoms with Gasteiger partial charge in [0.2, 0.25) is 5.91 Å². The Morgan fingerprint density at radius 1 is 1.50 bits per heavy atom. The lowest BCUT2D eigenvalue weighted by Gasteiger charge is -2.22. The third-order valence-corrected chi connectivity index (χ3v) is 3.43. The van der Waals surface area contributed by atoms with Crippen LogP contribution in [0.4, 0.5) is 0 Å². The van der Waals surface area contributed by atoms with Crippen LogP contribution in [0.3, 0.4) is 0 Å². The summed E-state index contributed by atoms with van der Waals surface area (Å²) in [5.74, 6) is 1.15. The highest BCUT2D eigenvalue weighted by Gasteiger charge is 2.17. The Hall–Kier alpha value is -1.77. The van der Waals surface area contributed by atoms with E-state index in [0.29, 0.717) is 12.3 Å². The molecular weight excluding hydrogens is 226 g/mol. The van der Waals surface area contributed by atoms with Gasteiger partial charge in [0.25, 0.3) is 0 Å². The summed E-state index contributed by atoms with van der Waals surface area (Å²) in [5.41, 5.74) is 7.75. The van der Waals surface area contributed by atoms with Crippen LogP contribution < -0.4 is 10.5 Å². The van der Waals surface area contributed by atoms with E-state index in [-0.39, 0.29) is 5.91 Å². The van der Waals surface area contributed by atoms with Crippen LogP contribution in [0.2, 0.25) is 0 Å². The Labute approximate surface area is 108 Å². The van der Waals surface area contributed by atoms with Gasteiger partial charge in [-0.2, -0.15) is 0 Å². The van der Waals surface area contributed by atoms with Crippen LogP contribution in [0.15, 0.2) is 24.3 Å². The molecule has 0 spiro atoms. The molecule has 0 radical (unpaired) electrons. The SMILES string of the molecule is COc1ccc2c(c1)C(CCCC(N)=O)CC=C2. The fourth-order valence-electron chi connectivity index (χ4n) is 2.47. The van der Waals surface area contributed by atoms with Crippen molar-refractivity contribution < 1.29 is 9.53 Å². The molecule has 1 unspecified atom stereocenters. The van der Waals surface area contributed by atoms with Gasteiger partial charge in [0, 0.05) is 6.42 Å². The van der Waals surface area contributed by atoms with Gasteiger partial charge in [-0.05, 0) is 48.4 Å². The van der Waals surface area contributed by atoms with Crippen molar-refractivity contribution in [1.82, 2.24) is 0 Å². The Kier molecular flexibility index (Phi) is 4.03. The number of carbonyl (C=O) groups excluding carboxylic acids is 1. The molecule has 96 valence electrons. The number of fused-ring (bicyclic) bond motifs is 1. The van der Waals surface area contributed by atoms with E-state index in [0.717, 1.165) is 25.0 Å². The first-order valence-electron chi connectivity index (χ1n) is 6.33. The lowest BCUT2D eigenvalue weighted by atomic mass is 9.84. The second-order valence-corrected chi connectivity index (χ2v) is 4.69. The maximum atomic E-state index is 10.8. The maximum Gasteiger partial charge on any atom is 0.217 e. The molecule has 0 saturated carbocycles. The molecule has 0 saturated heterocycles. The van der Waals surface area contributed by atoms with E-state index in [4.69, 9.17) is 10.5 Å². The largest absolute Gasteiger partial charge is 0.497 e. The molecule has 3 heteroatoms. The number of rotatable bonds is 5. The number of hydrogen-bond acceptors (Lipinski definition) is 2. The summed E-state index contributed by atoms with van der Waals surface area (Å²) in [6.07, 6.45) is 7.69. The summed E-state index contributed by atoms with van der Waals surface area (Å²) in [7, 11) is 1.68. The lowest BCUT2D eigenvalue weighted by molar-refractivity contribution is -0.118. The second-order valence-electron chi connectivity index (χ2n) is 4.69. The van der Waals surface area contributed by atoms with Gasteiger partial charge in [0.05, 0.1) is 7.11 Å². The van der Waals surface area contributed by atoms with Crippen molar-refractivity contribution in [3.63, 3.8) is 0 Å². The molecular formula is C15H19NO2. The fraction of sp³-hybridized carbons (Fsp3) is 0.400. The van der Waals surface area contributed by atoms with Crippen LogP contribution in [0, 0.1) is 0 Å². The predicted molar refractivity (Wildman–Crippen MR) is 72.4 cm³/mol. The first kappa shape index (κ1) is 12.7. The summed E-state index contributed by atoms with van der Waals surface area (Å²) in [6.45, 7) is 0. The van der Waals surface area contributed by atoms with Gasteiger partial charge in [0.15, 0.2) is 0 Å². The van der Waals surface area contributed by atoms with Crippen LogP contribution in [0.1, 0.15) is 42.7 Å². The molecule has 2 rings (SSSR count). The number of nitrogens with two attached hydrogens (primary N) is 1. The highest BCUT2D eigenvalue weighted by molar-refractivity contribution is 5.73. The van der Waals surface area contributed by atoms with Gasteiger partial charge in [-0.3, -0.25) is 4.79 Å². The van der Waals surface area contributed by atoms with Gasteiger partial charge < -0.3 is 10.5 Å². The molecule has 0 heterocycles. The average molecular weight is 245 g/mol. The molecule has 1 aromatic rings. The molecule has 0 aromatic heterocycles. The smallest absolute Gasteiger partial charge is 0.217 e. The molecule has 0 fully saturated rings. The van der Waals surface area contributed by atoms with E-state index >= 15 is 0 Å². The molecule has 1 amide bonds. The summed E-state index contributed by atoms with van der Waals surface area (Å²) >= 11 is 0. The van der Waals surface area contributed by atoms with Crippen LogP contribution in [-0.2, 0) is 4.79 Å². The number of amides is 1. The number of allylic oxidation sites excluding steroid dienone is 1. The molecule has 0 aliphatic heterocycles. The van der Waals surface area contributed by atoms with E-state index in [2.05, 4.69) is 24.3 Å². The van der Waals surface area contributed by atoms with E-state index in [1.54, 1.807) is 7.11 Å². The highest BCUT2D eigenvalue weighted by atomic mass is 16.5. The van der Waals surface area contributed by atoms with E-state index in [1.807, 2.05) is 6.07 Å². The number of hydrogen-bond donors (Lipinski definition) is 1. The fourth-order valence-corrected chi connectivity index (χ4v) is 2.47. The monoisotopic (exact) mass is 245 g/mol. The molecule has 1 atom stereocenters. The van der Waals surface area contributed by atoms with E-state index in [1.165, 1.54) is 11.1 Å². The van der Waals surface area contributed by atoms with Crippen LogP contribution in [0.25, 0.3) is 6.08 Å². The zero-order valence-electron chi connectivity index (χ0n) is 10.7. The molecule has 1 aromatic carbocycles. The van der Waals surface area contributed by atoms with Crippen LogP contribution >= 0.6 is 0 Å². The molecule has 18 heavy (non-hydrogen) atoms. The number of methoxy groups -OCH3 is 1. The minimum atomic E-state index is -0.216. The Morgan fingerprint density at radius 3 is 3.06 bits per heavy atom.